The number of halogens is 1. The van der Waals surface area contributed by atoms with Gasteiger partial charge >= 0.3 is 5.97 Å². The average molecular weight is 225 g/mol. The highest BCUT2D eigenvalue weighted by molar-refractivity contribution is 6.30. The fraction of sp³-hybridized carbons (Fsp3) is 0.273. The maximum atomic E-state index is 11.1. The Hall–Kier alpha value is -1.35. The van der Waals surface area contributed by atoms with Crippen LogP contribution in [-0.2, 0) is 15.0 Å². The molecule has 1 N–H and O–H groups in total. The van der Waals surface area contributed by atoms with Gasteiger partial charge in [-0.1, -0.05) is 23.7 Å². The Morgan fingerprint density at radius 1 is 1.27 bits per heavy atom. The van der Waals surface area contributed by atoms with Crippen molar-refractivity contribution in [1.29, 1.82) is 0 Å². The Labute approximate surface area is 91.7 Å². The Bertz CT molecular complexity index is 414. The van der Waals surface area contributed by atoms with Crippen molar-refractivity contribution in [3.8, 4) is 0 Å². The molecule has 1 aromatic rings. The number of Topliss-reactive ketones (excluding diaryl/α,β-unsaturated/α-hetero) is 1. The molecule has 0 heterocycles. The van der Waals surface area contributed by atoms with Gasteiger partial charge in [-0.25, -0.2) is 0 Å². The number of carboxylic acids is 1. The summed E-state index contributed by atoms with van der Waals surface area (Å²) in [7, 11) is 0. The van der Waals surface area contributed by atoms with Crippen LogP contribution in [0.1, 0.15) is 18.4 Å². The normalized spacial score (nSPS) is 18.3. The van der Waals surface area contributed by atoms with Crippen LogP contribution in [0.5, 0.6) is 0 Å². The van der Waals surface area contributed by atoms with Crippen molar-refractivity contribution in [2.45, 2.75) is 18.3 Å². The highest BCUT2D eigenvalue weighted by atomic mass is 35.5. The summed E-state index contributed by atoms with van der Waals surface area (Å²) in [6, 6.07) is 6.63. The molecule has 0 radical (unpaired) electrons. The van der Waals surface area contributed by atoms with E-state index in [4.69, 9.17) is 16.7 Å². The van der Waals surface area contributed by atoms with Crippen LogP contribution in [0.4, 0.5) is 0 Å². The lowest BCUT2D eigenvalue weighted by atomic mass is 9.64. The number of benzene rings is 1. The number of hydrogen-bond donors (Lipinski definition) is 1. The summed E-state index contributed by atoms with van der Waals surface area (Å²) in [5.74, 6) is -0.947. The quantitative estimate of drug-likeness (QED) is 0.836. The molecular formula is C11H9ClO3. The smallest absolute Gasteiger partial charge is 0.315 e. The molecule has 0 unspecified atom stereocenters. The first-order chi connectivity index (χ1) is 7.04. The number of aliphatic carboxylic acids is 1. The molecule has 0 saturated heterocycles. The van der Waals surface area contributed by atoms with E-state index in [0.29, 0.717) is 10.6 Å². The fourth-order valence-corrected chi connectivity index (χ4v) is 2.00. The number of hydrogen-bond acceptors (Lipinski definition) is 2. The predicted octanol–water partition coefficient (Wildman–Crippen LogP) is 2.03. The van der Waals surface area contributed by atoms with Crippen LogP contribution in [0.15, 0.2) is 24.3 Å². The number of carboxylic acid groups (broad SMARTS) is 1. The minimum Gasteiger partial charge on any atom is -0.481 e. The molecule has 0 aliphatic heterocycles. The molecule has 0 atom stereocenters. The van der Waals surface area contributed by atoms with Crippen LogP contribution in [-0.4, -0.2) is 16.9 Å². The number of carbonyl (C=O) groups excluding carboxylic acids is 1. The van der Waals surface area contributed by atoms with Gasteiger partial charge in [0.05, 0.1) is 0 Å². The minimum atomic E-state index is -1.01. The predicted molar refractivity (Wildman–Crippen MR) is 55.0 cm³/mol. The van der Waals surface area contributed by atoms with Crippen LogP contribution < -0.4 is 0 Å². The lowest BCUT2D eigenvalue weighted by molar-refractivity contribution is -0.153. The second-order valence-electron chi connectivity index (χ2n) is 3.79. The Morgan fingerprint density at radius 3 is 2.20 bits per heavy atom. The molecule has 1 aliphatic carbocycles. The molecule has 0 amide bonds. The third-order valence-corrected chi connectivity index (χ3v) is 3.06. The Kier molecular flexibility index (Phi) is 2.27. The molecule has 0 aromatic heterocycles. The summed E-state index contributed by atoms with van der Waals surface area (Å²) in [6.45, 7) is 0. The SMILES string of the molecule is O=C1CC(C(=O)O)(c2ccc(Cl)cc2)C1. The van der Waals surface area contributed by atoms with Crippen molar-refractivity contribution in [2.75, 3.05) is 0 Å². The van der Waals surface area contributed by atoms with Gasteiger partial charge in [-0.15, -0.1) is 0 Å². The maximum absolute atomic E-state index is 11.1. The van der Waals surface area contributed by atoms with Gasteiger partial charge in [0.15, 0.2) is 0 Å². The van der Waals surface area contributed by atoms with Gasteiger partial charge < -0.3 is 5.11 Å². The zero-order valence-corrected chi connectivity index (χ0v) is 8.62. The molecule has 3 nitrogen and oxygen atoms in total. The number of rotatable bonds is 2. The first kappa shape index (κ1) is 10.2. The van der Waals surface area contributed by atoms with E-state index in [1.807, 2.05) is 0 Å². The zero-order valence-electron chi connectivity index (χ0n) is 7.87. The van der Waals surface area contributed by atoms with E-state index in [9.17, 15) is 9.59 Å². The molecule has 78 valence electrons. The highest BCUT2D eigenvalue weighted by Crippen LogP contribution is 2.41. The first-order valence-electron chi connectivity index (χ1n) is 4.56. The van der Waals surface area contributed by atoms with E-state index in [1.54, 1.807) is 24.3 Å². The molecule has 1 aromatic carbocycles. The van der Waals surface area contributed by atoms with E-state index in [2.05, 4.69) is 0 Å². The Morgan fingerprint density at radius 2 is 1.80 bits per heavy atom. The molecule has 1 aliphatic rings. The van der Waals surface area contributed by atoms with Crippen LogP contribution in [0.25, 0.3) is 0 Å². The lowest BCUT2D eigenvalue weighted by Crippen LogP contribution is -2.48. The van der Waals surface area contributed by atoms with E-state index in [-0.39, 0.29) is 18.6 Å². The van der Waals surface area contributed by atoms with Crippen LogP contribution in [0.3, 0.4) is 0 Å². The highest BCUT2D eigenvalue weighted by Gasteiger charge is 2.51. The van der Waals surface area contributed by atoms with Crippen LogP contribution in [0, 0.1) is 0 Å². The van der Waals surface area contributed by atoms with E-state index >= 15 is 0 Å². The first-order valence-corrected chi connectivity index (χ1v) is 4.93. The molecule has 0 bridgehead atoms. The molecular weight excluding hydrogens is 216 g/mol. The molecule has 4 heteroatoms. The van der Waals surface area contributed by atoms with Crippen molar-refractivity contribution >= 4 is 23.4 Å². The monoisotopic (exact) mass is 224 g/mol. The minimum absolute atomic E-state index is 0.00708. The van der Waals surface area contributed by atoms with Gasteiger partial charge in [-0.2, -0.15) is 0 Å². The summed E-state index contributed by atoms with van der Waals surface area (Å²) in [6.07, 6.45) is 0.175. The average Bonchev–Trinajstić information content (AvgIpc) is 2.13. The molecule has 1 saturated carbocycles. The summed E-state index contributed by atoms with van der Waals surface area (Å²) in [5.41, 5.74) is -0.360. The van der Waals surface area contributed by atoms with E-state index < -0.39 is 11.4 Å². The summed E-state index contributed by atoms with van der Waals surface area (Å²) in [5, 5.41) is 9.70. The Balaban J connectivity index is 2.38. The van der Waals surface area contributed by atoms with Crippen molar-refractivity contribution in [1.82, 2.24) is 0 Å². The van der Waals surface area contributed by atoms with Gasteiger partial charge in [0.1, 0.15) is 11.2 Å². The molecule has 1 fully saturated rings. The lowest BCUT2D eigenvalue weighted by Gasteiger charge is -2.36. The topological polar surface area (TPSA) is 54.4 Å². The standard InChI is InChI=1S/C11H9ClO3/c12-8-3-1-7(2-4-8)11(10(14)15)5-9(13)6-11/h1-4H,5-6H2,(H,14,15). The zero-order chi connectivity index (χ0) is 11.1. The summed E-state index contributed by atoms with van der Waals surface area (Å²) < 4.78 is 0. The van der Waals surface area contributed by atoms with Crippen molar-refractivity contribution < 1.29 is 14.7 Å². The third-order valence-electron chi connectivity index (χ3n) is 2.80. The second-order valence-corrected chi connectivity index (χ2v) is 4.22. The second kappa shape index (κ2) is 3.35. The summed E-state index contributed by atoms with van der Waals surface area (Å²) in [4.78, 5) is 22.1. The van der Waals surface area contributed by atoms with Gasteiger partial charge in [-0.3, -0.25) is 9.59 Å². The van der Waals surface area contributed by atoms with Crippen LogP contribution >= 0.6 is 11.6 Å². The number of ketones is 1. The van der Waals surface area contributed by atoms with Crippen molar-refractivity contribution in [3.05, 3.63) is 34.9 Å². The number of carbonyl (C=O) groups is 2. The summed E-state index contributed by atoms with van der Waals surface area (Å²) >= 11 is 5.72. The maximum Gasteiger partial charge on any atom is 0.315 e. The van der Waals surface area contributed by atoms with Crippen molar-refractivity contribution in [3.63, 3.8) is 0 Å². The fourth-order valence-electron chi connectivity index (χ4n) is 1.87. The van der Waals surface area contributed by atoms with Gasteiger partial charge in [0, 0.05) is 17.9 Å². The third kappa shape index (κ3) is 1.53. The largest absolute Gasteiger partial charge is 0.481 e. The molecule has 0 spiro atoms. The van der Waals surface area contributed by atoms with Gasteiger partial charge in [0.2, 0.25) is 0 Å². The van der Waals surface area contributed by atoms with Crippen LogP contribution in [0.2, 0.25) is 5.02 Å². The van der Waals surface area contributed by atoms with Crippen molar-refractivity contribution in [2.24, 2.45) is 0 Å². The van der Waals surface area contributed by atoms with E-state index in [0.717, 1.165) is 0 Å². The van der Waals surface area contributed by atoms with E-state index in [1.165, 1.54) is 0 Å². The van der Waals surface area contributed by atoms with Gasteiger partial charge in [-0.05, 0) is 17.7 Å². The van der Waals surface area contributed by atoms with Gasteiger partial charge in [0.25, 0.3) is 0 Å². The molecule has 15 heavy (non-hydrogen) atoms. The molecule has 2 rings (SSSR count).